The number of para-hydroxylation sites is 1. The molecule has 6 nitrogen and oxygen atoms in total. The third-order valence-electron chi connectivity index (χ3n) is 3.63. The maximum Gasteiger partial charge on any atom is 0.191 e. The number of aliphatic imine (C=N–C) groups is 1. The van der Waals surface area contributed by atoms with Crippen molar-refractivity contribution in [2.75, 3.05) is 54.1 Å². The Morgan fingerprint density at radius 2 is 1.92 bits per heavy atom. The van der Waals surface area contributed by atoms with Gasteiger partial charge in [-0.2, -0.15) is 0 Å². The van der Waals surface area contributed by atoms with Crippen LogP contribution in [0.1, 0.15) is 18.9 Å². The predicted octanol–water partition coefficient (Wildman–Crippen LogP) is 2.34. The summed E-state index contributed by atoms with van der Waals surface area (Å²) in [5.74, 6) is 1.71. The zero-order valence-electron chi connectivity index (χ0n) is 15.9. The Balaban J connectivity index is 0.00000576. The fourth-order valence-corrected chi connectivity index (χ4v) is 2.25. The monoisotopic (exact) mass is 464 g/mol. The number of rotatable bonds is 11. The van der Waals surface area contributed by atoms with Crippen LogP contribution in [-0.2, 0) is 11.3 Å². The van der Waals surface area contributed by atoms with Crippen molar-refractivity contribution in [1.82, 2.24) is 15.5 Å². The van der Waals surface area contributed by atoms with Crippen molar-refractivity contribution in [2.24, 2.45) is 4.99 Å². The molecule has 144 valence electrons. The molecule has 0 unspecified atom stereocenters. The van der Waals surface area contributed by atoms with Crippen molar-refractivity contribution in [3.05, 3.63) is 29.8 Å². The van der Waals surface area contributed by atoms with Crippen LogP contribution in [0, 0.1) is 0 Å². The number of nitrogens with one attached hydrogen (secondary N) is 2. The zero-order valence-corrected chi connectivity index (χ0v) is 18.2. The van der Waals surface area contributed by atoms with Gasteiger partial charge in [0, 0.05) is 32.3 Å². The lowest BCUT2D eigenvalue weighted by atomic mass is 10.2. The first-order valence-corrected chi connectivity index (χ1v) is 8.52. The largest absolute Gasteiger partial charge is 0.496 e. The normalized spacial score (nSPS) is 11.2. The number of halogens is 1. The number of hydrogen-bond donors (Lipinski definition) is 2. The highest BCUT2D eigenvalue weighted by Gasteiger charge is 2.03. The standard InChI is InChI=1S/C18H32N4O2.HI/c1-5-19-18(20-11-8-12-22(2)13-14-23-3)21-15-16-9-6-7-10-17(16)24-4;/h6-7,9-10H,5,8,11-15H2,1-4H3,(H2,19,20,21);1H. The summed E-state index contributed by atoms with van der Waals surface area (Å²) in [5.41, 5.74) is 1.08. The van der Waals surface area contributed by atoms with Crippen molar-refractivity contribution in [3.63, 3.8) is 0 Å². The van der Waals surface area contributed by atoms with E-state index in [1.165, 1.54) is 0 Å². The Morgan fingerprint density at radius 3 is 2.60 bits per heavy atom. The molecule has 1 rings (SSSR count). The fourth-order valence-electron chi connectivity index (χ4n) is 2.25. The summed E-state index contributed by atoms with van der Waals surface area (Å²) in [7, 11) is 5.53. The summed E-state index contributed by atoms with van der Waals surface area (Å²) in [5, 5.41) is 6.66. The predicted molar refractivity (Wildman–Crippen MR) is 115 cm³/mol. The minimum Gasteiger partial charge on any atom is -0.496 e. The first-order chi connectivity index (χ1) is 11.7. The highest BCUT2D eigenvalue weighted by Crippen LogP contribution is 2.17. The van der Waals surface area contributed by atoms with E-state index in [1.54, 1.807) is 14.2 Å². The number of nitrogens with zero attached hydrogens (tertiary/aromatic N) is 2. The fraction of sp³-hybridized carbons (Fsp3) is 0.611. The van der Waals surface area contributed by atoms with Crippen LogP contribution in [-0.4, -0.2) is 64.9 Å². The van der Waals surface area contributed by atoms with Crippen molar-refractivity contribution < 1.29 is 9.47 Å². The van der Waals surface area contributed by atoms with Crippen LogP contribution >= 0.6 is 24.0 Å². The summed E-state index contributed by atoms with van der Waals surface area (Å²) in [6, 6.07) is 7.97. The summed E-state index contributed by atoms with van der Waals surface area (Å²) >= 11 is 0. The number of hydrogen-bond acceptors (Lipinski definition) is 4. The topological polar surface area (TPSA) is 58.1 Å². The van der Waals surface area contributed by atoms with Gasteiger partial charge < -0.3 is 25.0 Å². The van der Waals surface area contributed by atoms with Crippen molar-refractivity contribution in [2.45, 2.75) is 19.9 Å². The molecular formula is C18H33IN4O2. The third-order valence-corrected chi connectivity index (χ3v) is 3.63. The maximum absolute atomic E-state index is 5.37. The summed E-state index contributed by atoms with van der Waals surface area (Å²) < 4.78 is 10.5. The number of guanidine groups is 1. The number of benzene rings is 1. The second-order valence-corrected chi connectivity index (χ2v) is 5.58. The Bertz CT molecular complexity index is 486. The molecule has 0 spiro atoms. The van der Waals surface area contributed by atoms with Gasteiger partial charge in [-0.1, -0.05) is 18.2 Å². The van der Waals surface area contributed by atoms with E-state index in [0.717, 1.165) is 56.5 Å². The molecule has 0 heterocycles. The smallest absolute Gasteiger partial charge is 0.191 e. The van der Waals surface area contributed by atoms with Crippen LogP contribution in [0.5, 0.6) is 5.75 Å². The molecule has 0 aliphatic heterocycles. The molecule has 2 N–H and O–H groups in total. The quantitative estimate of drug-likeness (QED) is 0.228. The molecule has 0 aromatic heterocycles. The van der Waals surface area contributed by atoms with E-state index in [1.807, 2.05) is 24.3 Å². The highest BCUT2D eigenvalue weighted by molar-refractivity contribution is 14.0. The molecule has 1 aromatic carbocycles. The van der Waals surface area contributed by atoms with Gasteiger partial charge in [-0.05, 0) is 33.0 Å². The minimum absolute atomic E-state index is 0. The maximum atomic E-state index is 5.37. The van der Waals surface area contributed by atoms with Gasteiger partial charge in [-0.15, -0.1) is 24.0 Å². The van der Waals surface area contributed by atoms with Gasteiger partial charge >= 0.3 is 0 Å². The van der Waals surface area contributed by atoms with Crippen LogP contribution in [0.15, 0.2) is 29.3 Å². The van der Waals surface area contributed by atoms with E-state index in [0.29, 0.717) is 6.54 Å². The molecule has 0 fully saturated rings. The highest BCUT2D eigenvalue weighted by atomic mass is 127. The minimum atomic E-state index is 0. The molecule has 0 bridgehead atoms. The third kappa shape index (κ3) is 10.5. The average Bonchev–Trinajstić information content (AvgIpc) is 2.61. The molecule has 25 heavy (non-hydrogen) atoms. The second kappa shape index (κ2) is 15.2. The summed E-state index contributed by atoms with van der Waals surface area (Å²) in [6.07, 6.45) is 1.05. The van der Waals surface area contributed by atoms with Gasteiger partial charge in [0.05, 0.1) is 20.3 Å². The molecule has 0 saturated carbocycles. The summed E-state index contributed by atoms with van der Waals surface area (Å²) in [4.78, 5) is 6.91. The van der Waals surface area contributed by atoms with E-state index < -0.39 is 0 Å². The van der Waals surface area contributed by atoms with Gasteiger partial charge in [-0.3, -0.25) is 0 Å². The van der Waals surface area contributed by atoms with E-state index in [2.05, 4.69) is 34.5 Å². The van der Waals surface area contributed by atoms with Gasteiger partial charge in [-0.25, -0.2) is 4.99 Å². The van der Waals surface area contributed by atoms with E-state index in [9.17, 15) is 0 Å². The van der Waals surface area contributed by atoms with Crippen molar-refractivity contribution >= 4 is 29.9 Å². The molecule has 0 amide bonds. The molecule has 0 radical (unpaired) electrons. The molecule has 0 aliphatic rings. The SMILES string of the molecule is CCNC(=NCc1ccccc1OC)NCCCN(C)CCOC.I. The molecule has 0 aliphatic carbocycles. The molecule has 0 saturated heterocycles. The first-order valence-electron chi connectivity index (χ1n) is 8.52. The Morgan fingerprint density at radius 1 is 1.16 bits per heavy atom. The van der Waals surface area contributed by atoms with Crippen LogP contribution in [0.3, 0.4) is 0 Å². The van der Waals surface area contributed by atoms with Gasteiger partial charge in [0.15, 0.2) is 5.96 Å². The van der Waals surface area contributed by atoms with E-state index in [4.69, 9.17) is 9.47 Å². The lowest BCUT2D eigenvalue weighted by molar-refractivity contribution is 0.161. The van der Waals surface area contributed by atoms with Crippen LogP contribution < -0.4 is 15.4 Å². The van der Waals surface area contributed by atoms with E-state index >= 15 is 0 Å². The Hall–Kier alpha value is -1.06. The van der Waals surface area contributed by atoms with Crippen molar-refractivity contribution in [1.29, 1.82) is 0 Å². The molecule has 0 atom stereocenters. The first kappa shape index (κ1) is 23.9. The molecular weight excluding hydrogens is 431 g/mol. The number of methoxy groups -OCH3 is 2. The van der Waals surface area contributed by atoms with Crippen LogP contribution in [0.2, 0.25) is 0 Å². The van der Waals surface area contributed by atoms with Crippen molar-refractivity contribution in [3.8, 4) is 5.75 Å². The molecule has 7 heteroatoms. The van der Waals surface area contributed by atoms with Crippen LogP contribution in [0.25, 0.3) is 0 Å². The Kier molecular flexibility index (Phi) is 14.6. The molecule has 1 aromatic rings. The Labute approximate surface area is 169 Å². The lowest BCUT2D eigenvalue weighted by Crippen LogP contribution is -2.38. The zero-order chi connectivity index (χ0) is 17.6. The summed E-state index contributed by atoms with van der Waals surface area (Å²) in [6.45, 7) is 7.14. The van der Waals surface area contributed by atoms with Gasteiger partial charge in [0.2, 0.25) is 0 Å². The van der Waals surface area contributed by atoms with Gasteiger partial charge in [0.1, 0.15) is 5.75 Å². The second-order valence-electron chi connectivity index (χ2n) is 5.58. The average molecular weight is 464 g/mol. The lowest BCUT2D eigenvalue weighted by Gasteiger charge is -2.17. The number of ether oxygens (including phenoxy) is 2. The number of likely N-dealkylation sites (N-methyl/N-ethyl adjacent to an activating group) is 1. The van der Waals surface area contributed by atoms with E-state index in [-0.39, 0.29) is 24.0 Å². The van der Waals surface area contributed by atoms with Gasteiger partial charge in [0.25, 0.3) is 0 Å². The van der Waals surface area contributed by atoms with Crippen LogP contribution in [0.4, 0.5) is 0 Å².